The zero-order chi connectivity index (χ0) is 12.1. The van der Waals surface area contributed by atoms with Crippen molar-refractivity contribution in [3.63, 3.8) is 0 Å². The van der Waals surface area contributed by atoms with E-state index in [1.807, 2.05) is 30.8 Å². The molecule has 0 fully saturated rings. The first-order valence-electron chi connectivity index (χ1n) is 5.77. The molecule has 1 unspecified atom stereocenters. The predicted molar refractivity (Wildman–Crippen MR) is 71.2 cm³/mol. The van der Waals surface area contributed by atoms with E-state index >= 15 is 0 Å². The van der Waals surface area contributed by atoms with Gasteiger partial charge >= 0.3 is 0 Å². The molecule has 0 spiro atoms. The molecule has 1 N–H and O–H groups in total. The van der Waals surface area contributed by atoms with Crippen LogP contribution in [0.25, 0.3) is 0 Å². The topological polar surface area (TPSA) is 37.8 Å². The average Bonchev–Trinajstić information content (AvgIpc) is 2.85. The van der Waals surface area contributed by atoms with E-state index in [2.05, 4.69) is 28.3 Å². The molecule has 2 heterocycles. The Kier molecular flexibility index (Phi) is 4.23. The molecule has 0 aliphatic carbocycles. The molecule has 1 atom stereocenters. The van der Waals surface area contributed by atoms with Crippen molar-refractivity contribution in [3.05, 3.63) is 46.2 Å². The number of pyridine rings is 1. The van der Waals surface area contributed by atoms with E-state index in [0.29, 0.717) is 5.92 Å². The lowest BCUT2D eigenvalue weighted by molar-refractivity contribution is 0.612. The van der Waals surface area contributed by atoms with E-state index in [0.717, 1.165) is 18.8 Å². The Labute approximate surface area is 106 Å². The number of aryl methyl sites for hydroxylation is 1. The summed E-state index contributed by atoms with van der Waals surface area (Å²) in [7, 11) is 0. The highest BCUT2D eigenvalue weighted by Gasteiger charge is 2.07. The molecule has 3 nitrogen and oxygen atoms in total. The van der Waals surface area contributed by atoms with Crippen LogP contribution in [0.4, 0.5) is 0 Å². The van der Waals surface area contributed by atoms with E-state index in [-0.39, 0.29) is 0 Å². The van der Waals surface area contributed by atoms with E-state index in [4.69, 9.17) is 0 Å². The summed E-state index contributed by atoms with van der Waals surface area (Å²) < 4.78 is 0. The van der Waals surface area contributed by atoms with Gasteiger partial charge in [0.25, 0.3) is 0 Å². The van der Waals surface area contributed by atoms with Gasteiger partial charge in [0.2, 0.25) is 0 Å². The summed E-state index contributed by atoms with van der Waals surface area (Å²) in [6, 6.07) is 4.16. The smallest absolute Gasteiger partial charge is 0.0965 e. The van der Waals surface area contributed by atoms with E-state index in [9.17, 15) is 0 Å². The predicted octanol–water partition coefficient (Wildman–Crippen LogP) is 2.74. The lowest BCUT2D eigenvalue weighted by atomic mass is 10.2. The third-order valence-electron chi connectivity index (χ3n) is 2.63. The standard InChI is InChI=1S/C13H17N3S/c1-10(13-15-5-6-17-13)7-14-8-12-4-3-11(2)16-9-12/h3-6,9-10,14H,7-8H2,1-2H3. The van der Waals surface area contributed by atoms with Crippen LogP contribution in [0, 0.1) is 6.92 Å². The maximum atomic E-state index is 4.32. The Morgan fingerprint density at radius 2 is 2.24 bits per heavy atom. The van der Waals surface area contributed by atoms with Crippen molar-refractivity contribution in [2.75, 3.05) is 6.54 Å². The van der Waals surface area contributed by atoms with Crippen LogP contribution in [-0.2, 0) is 6.54 Å². The van der Waals surface area contributed by atoms with E-state index in [1.165, 1.54) is 10.6 Å². The van der Waals surface area contributed by atoms with Gasteiger partial charge in [0.1, 0.15) is 0 Å². The van der Waals surface area contributed by atoms with Crippen molar-refractivity contribution in [1.29, 1.82) is 0 Å². The number of hydrogen-bond acceptors (Lipinski definition) is 4. The molecular weight excluding hydrogens is 230 g/mol. The second kappa shape index (κ2) is 5.89. The second-order valence-corrected chi connectivity index (χ2v) is 5.14. The molecule has 2 rings (SSSR count). The molecule has 0 bridgehead atoms. The second-order valence-electron chi connectivity index (χ2n) is 4.21. The van der Waals surface area contributed by atoms with Crippen molar-refractivity contribution < 1.29 is 0 Å². The number of hydrogen-bond donors (Lipinski definition) is 1. The average molecular weight is 247 g/mol. The molecule has 0 aliphatic heterocycles. The minimum absolute atomic E-state index is 0.466. The Hall–Kier alpha value is -1.26. The van der Waals surface area contributed by atoms with Gasteiger partial charge in [0.15, 0.2) is 0 Å². The first-order valence-corrected chi connectivity index (χ1v) is 6.65. The highest BCUT2D eigenvalue weighted by Crippen LogP contribution is 2.16. The summed E-state index contributed by atoms with van der Waals surface area (Å²) in [6.45, 7) is 6.01. The Morgan fingerprint density at radius 3 is 2.88 bits per heavy atom. The first kappa shape index (κ1) is 12.2. The summed E-state index contributed by atoms with van der Waals surface area (Å²) >= 11 is 1.72. The van der Waals surface area contributed by atoms with Crippen LogP contribution < -0.4 is 5.32 Å². The molecule has 0 aliphatic rings. The first-order chi connectivity index (χ1) is 8.25. The van der Waals surface area contributed by atoms with E-state index < -0.39 is 0 Å². The highest BCUT2D eigenvalue weighted by molar-refractivity contribution is 7.09. The van der Waals surface area contributed by atoms with Gasteiger partial charge in [-0.25, -0.2) is 4.98 Å². The molecule has 0 radical (unpaired) electrons. The van der Waals surface area contributed by atoms with Crippen LogP contribution in [0.3, 0.4) is 0 Å². The Bertz CT molecular complexity index is 436. The zero-order valence-corrected chi connectivity index (χ0v) is 11.0. The lowest BCUT2D eigenvalue weighted by Crippen LogP contribution is -2.19. The molecule has 17 heavy (non-hydrogen) atoms. The number of thiazole rings is 1. The van der Waals surface area contributed by atoms with Crippen molar-refractivity contribution in [2.24, 2.45) is 0 Å². The van der Waals surface area contributed by atoms with Crippen LogP contribution in [0.2, 0.25) is 0 Å². The van der Waals surface area contributed by atoms with Crippen LogP contribution >= 0.6 is 11.3 Å². The van der Waals surface area contributed by atoms with Crippen molar-refractivity contribution >= 4 is 11.3 Å². The molecular formula is C13H17N3S. The molecule has 0 saturated carbocycles. The maximum Gasteiger partial charge on any atom is 0.0965 e. The lowest BCUT2D eigenvalue weighted by Gasteiger charge is -2.09. The normalized spacial score (nSPS) is 12.6. The highest BCUT2D eigenvalue weighted by atomic mass is 32.1. The van der Waals surface area contributed by atoms with Crippen molar-refractivity contribution in [1.82, 2.24) is 15.3 Å². The molecule has 2 aromatic rings. The van der Waals surface area contributed by atoms with Gasteiger partial charge in [-0.3, -0.25) is 4.98 Å². The Balaban J connectivity index is 1.78. The fourth-order valence-electron chi connectivity index (χ4n) is 1.60. The van der Waals surface area contributed by atoms with Crippen LogP contribution in [0.5, 0.6) is 0 Å². The SMILES string of the molecule is Cc1ccc(CNCC(C)c2nccs2)cn1. The molecule has 0 aromatic carbocycles. The van der Waals surface area contributed by atoms with Crippen LogP contribution in [0.1, 0.15) is 29.1 Å². The van der Waals surface area contributed by atoms with Gasteiger partial charge in [-0.15, -0.1) is 11.3 Å². The number of nitrogens with zero attached hydrogens (tertiary/aromatic N) is 2. The Morgan fingerprint density at radius 1 is 1.35 bits per heavy atom. The molecule has 2 aromatic heterocycles. The quantitative estimate of drug-likeness (QED) is 0.883. The number of nitrogens with one attached hydrogen (secondary N) is 1. The van der Waals surface area contributed by atoms with Gasteiger partial charge in [0.05, 0.1) is 5.01 Å². The zero-order valence-electron chi connectivity index (χ0n) is 10.2. The molecule has 0 saturated heterocycles. The van der Waals surface area contributed by atoms with Gasteiger partial charge in [-0.2, -0.15) is 0 Å². The summed E-state index contributed by atoms with van der Waals surface area (Å²) in [6.07, 6.45) is 3.79. The van der Waals surface area contributed by atoms with E-state index in [1.54, 1.807) is 11.3 Å². The largest absolute Gasteiger partial charge is 0.312 e. The van der Waals surface area contributed by atoms with Crippen molar-refractivity contribution in [2.45, 2.75) is 26.3 Å². The fraction of sp³-hybridized carbons (Fsp3) is 0.385. The molecule has 0 amide bonds. The van der Waals surface area contributed by atoms with Crippen LogP contribution in [-0.4, -0.2) is 16.5 Å². The maximum absolute atomic E-state index is 4.32. The van der Waals surface area contributed by atoms with Gasteiger partial charge < -0.3 is 5.32 Å². The van der Waals surface area contributed by atoms with Gasteiger partial charge in [-0.05, 0) is 18.6 Å². The van der Waals surface area contributed by atoms with Gasteiger partial charge in [0, 0.05) is 42.5 Å². The number of rotatable bonds is 5. The van der Waals surface area contributed by atoms with Gasteiger partial charge in [-0.1, -0.05) is 13.0 Å². The van der Waals surface area contributed by atoms with Crippen molar-refractivity contribution in [3.8, 4) is 0 Å². The minimum atomic E-state index is 0.466. The summed E-state index contributed by atoms with van der Waals surface area (Å²) in [5.41, 5.74) is 2.28. The molecule has 90 valence electrons. The summed E-state index contributed by atoms with van der Waals surface area (Å²) in [4.78, 5) is 8.60. The fourth-order valence-corrected chi connectivity index (χ4v) is 2.30. The van der Waals surface area contributed by atoms with Crippen LogP contribution in [0.15, 0.2) is 29.9 Å². The summed E-state index contributed by atoms with van der Waals surface area (Å²) in [5.74, 6) is 0.466. The third kappa shape index (κ3) is 3.61. The number of aromatic nitrogens is 2. The monoisotopic (exact) mass is 247 g/mol. The summed E-state index contributed by atoms with van der Waals surface area (Å²) in [5, 5.41) is 6.65. The molecule has 4 heteroatoms. The minimum Gasteiger partial charge on any atom is -0.312 e. The third-order valence-corrected chi connectivity index (χ3v) is 3.63.